The molecular formula is C20H26Cl2N6. The first-order chi connectivity index (χ1) is 12.7. The van der Waals surface area contributed by atoms with Gasteiger partial charge in [0.1, 0.15) is 11.6 Å². The van der Waals surface area contributed by atoms with Gasteiger partial charge in [-0.25, -0.2) is 14.6 Å². The smallest absolute Gasteiger partial charge is 0.133 e. The van der Waals surface area contributed by atoms with Gasteiger partial charge in [0.25, 0.3) is 0 Å². The van der Waals surface area contributed by atoms with Crippen LogP contribution < -0.4 is 10.6 Å². The van der Waals surface area contributed by atoms with Crippen molar-refractivity contribution in [2.45, 2.75) is 32.7 Å². The molecule has 1 aliphatic rings. The van der Waals surface area contributed by atoms with Crippen molar-refractivity contribution in [3.05, 3.63) is 65.4 Å². The van der Waals surface area contributed by atoms with E-state index >= 15 is 0 Å². The standard InChI is InChI=1S/C20H24N6.2ClH/c1-14(16-12-22-26(13-16)17-6-4-3-5-7-17)23-20-18-8-10-21-11-9-19(18)24-15(2)25-20;;/h3-7,12-14,21H,8-11H2,1-2H3,(H,23,24,25);2*1H. The normalized spacial score (nSPS) is 14.1. The number of para-hydroxylation sites is 1. The maximum absolute atomic E-state index is 4.68. The summed E-state index contributed by atoms with van der Waals surface area (Å²) in [6.07, 6.45) is 5.89. The number of nitrogens with zero attached hydrogens (tertiary/aromatic N) is 4. The first-order valence-corrected chi connectivity index (χ1v) is 9.14. The molecule has 1 aromatic carbocycles. The number of aromatic nitrogens is 4. The van der Waals surface area contributed by atoms with E-state index in [0.29, 0.717) is 0 Å². The Morgan fingerprint density at radius 3 is 2.61 bits per heavy atom. The van der Waals surface area contributed by atoms with Gasteiger partial charge < -0.3 is 10.6 Å². The average molecular weight is 421 g/mol. The largest absolute Gasteiger partial charge is 0.363 e. The summed E-state index contributed by atoms with van der Waals surface area (Å²) in [7, 11) is 0. The minimum atomic E-state index is 0. The van der Waals surface area contributed by atoms with Crippen LogP contribution in [0, 0.1) is 6.92 Å². The Morgan fingerprint density at radius 2 is 1.82 bits per heavy atom. The SMILES string of the molecule is Cc1nc2c(c(NC(C)c3cnn(-c4ccccc4)c3)n1)CCNCC2.Cl.Cl. The van der Waals surface area contributed by atoms with Crippen molar-refractivity contribution in [3.8, 4) is 5.69 Å². The molecule has 0 saturated heterocycles. The maximum atomic E-state index is 4.68. The second-order valence-corrected chi connectivity index (χ2v) is 6.71. The molecule has 0 spiro atoms. The van der Waals surface area contributed by atoms with Crippen molar-refractivity contribution < 1.29 is 0 Å². The third-order valence-corrected chi connectivity index (χ3v) is 4.77. The molecule has 3 heterocycles. The lowest BCUT2D eigenvalue weighted by Crippen LogP contribution is -2.16. The van der Waals surface area contributed by atoms with Gasteiger partial charge in [-0.15, -0.1) is 24.8 Å². The van der Waals surface area contributed by atoms with E-state index in [9.17, 15) is 0 Å². The van der Waals surface area contributed by atoms with Gasteiger partial charge in [0.05, 0.1) is 23.6 Å². The Morgan fingerprint density at radius 1 is 1.07 bits per heavy atom. The fraction of sp³-hybridized carbons (Fsp3) is 0.350. The molecule has 0 fully saturated rings. The zero-order valence-corrected chi connectivity index (χ0v) is 17.7. The van der Waals surface area contributed by atoms with Crippen LogP contribution in [0.3, 0.4) is 0 Å². The molecule has 0 aliphatic carbocycles. The molecule has 0 amide bonds. The lowest BCUT2D eigenvalue weighted by Gasteiger charge is -2.18. The molecule has 0 saturated carbocycles. The summed E-state index contributed by atoms with van der Waals surface area (Å²) in [4.78, 5) is 9.33. The van der Waals surface area contributed by atoms with Crippen LogP contribution in [0.15, 0.2) is 42.7 Å². The van der Waals surface area contributed by atoms with Crippen LogP contribution in [0.1, 0.15) is 35.6 Å². The molecule has 2 aromatic heterocycles. The average Bonchev–Trinajstić information content (AvgIpc) is 3.03. The van der Waals surface area contributed by atoms with E-state index < -0.39 is 0 Å². The summed E-state index contributed by atoms with van der Waals surface area (Å²) < 4.78 is 1.91. The van der Waals surface area contributed by atoms with E-state index in [4.69, 9.17) is 0 Å². The zero-order valence-electron chi connectivity index (χ0n) is 16.1. The van der Waals surface area contributed by atoms with Crippen LogP contribution in [-0.4, -0.2) is 32.8 Å². The van der Waals surface area contributed by atoms with Crippen molar-refractivity contribution in [2.24, 2.45) is 0 Å². The minimum absolute atomic E-state index is 0. The van der Waals surface area contributed by atoms with Gasteiger partial charge in [-0.1, -0.05) is 18.2 Å². The Hall–Kier alpha value is -2.15. The summed E-state index contributed by atoms with van der Waals surface area (Å²) in [6, 6.07) is 10.3. The number of halogens is 2. The van der Waals surface area contributed by atoms with E-state index in [1.807, 2.05) is 36.0 Å². The number of rotatable bonds is 4. The van der Waals surface area contributed by atoms with Crippen LogP contribution in [-0.2, 0) is 12.8 Å². The van der Waals surface area contributed by atoms with Gasteiger partial charge in [0, 0.05) is 30.3 Å². The van der Waals surface area contributed by atoms with E-state index in [-0.39, 0.29) is 30.9 Å². The van der Waals surface area contributed by atoms with Crippen LogP contribution in [0.4, 0.5) is 5.82 Å². The fourth-order valence-corrected chi connectivity index (χ4v) is 3.36. The zero-order chi connectivity index (χ0) is 17.9. The summed E-state index contributed by atoms with van der Waals surface area (Å²) in [5, 5.41) is 11.5. The highest BCUT2D eigenvalue weighted by molar-refractivity contribution is 5.85. The molecule has 1 atom stereocenters. The molecule has 6 nitrogen and oxygen atoms in total. The van der Waals surface area contributed by atoms with Crippen molar-refractivity contribution in [3.63, 3.8) is 0 Å². The minimum Gasteiger partial charge on any atom is -0.363 e. The molecule has 0 bridgehead atoms. The molecule has 1 unspecified atom stereocenters. The molecular weight excluding hydrogens is 395 g/mol. The van der Waals surface area contributed by atoms with Crippen LogP contribution in [0.5, 0.6) is 0 Å². The number of fused-ring (bicyclic) bond motifs is 1. The number of hydrogen-bond acceptors (Lipinski definition) is 5. The molecule has 28 heavy (non-hydrogen) atoms. The Labute approximate surface area is 178 Å². The third-order valence-electron chi connectivity index (χ3n) is 4.77. The second-order valence-electron chi connectivity index (χ2n) is 6.71. The topological polar surface area (TPSA) is 67.7 Å². The van der Waals surface area contributed by atoms with Crippen molar-refractivity contribution >= 4 is 30.6 Å². The van der Waals surface area contributed by atoms with Crippen LogP contribution >= 0.6 is 24.8 Å². The van der Waals surface area contributed by atoms with Crippen LogP contribution in [0.25, 0.3) is 5.69 Å². The molecule has 3 aromatic rings. The van der Waals surface area contributed by atoms with Gasteiger partial charge in [0.15, 0.2) is 0 Å². The second kappa shape index (κ2) is 9.87. The predicted molar refractivity (Wildman–Crippen MR) is 117 cm³/mol. The number of hydrogen-bond donors (Lipinski definition) is 2. The summed E-state index contributed by atoms with van der Waals surface area (Å²) in [5.74, 6) is 1.77. The van der Waals surface area contributed by atoms with E-state index in [0.717, 1.165) is 54.5 Å². The quantitative estimate of drug-likeness (QED) is 0.673. The highest BCUT2D eigenvalue weighted by Gasteiger charge is 2.18. The molecule has 1 aliphatic heterocycles. The van der Waals surface area contributed by atoms with Gasteiger partial charge >= 0.3 is 0 Å². The first kappa shape index (κ1) is 22.1. The highest BCUT2D eigenvalue weighted by Crippen LogP contribution is 2.24. The van der Waals surface area contributed by atoms with Crippen LogP contribution in [0.2, 0.25) is 0 Å². The Bertz CT molecular complexity index is 897. The Balaban J connectivity index is 0.00000140. The van der Waals surface area contributed by atoms with Gasteiger partial charge in [-0.05, 0) is 38.9 Å². The van der Waals surface area contributed by atoms with E-state index in [1.165, 1.54) is 5.56 Å². The first-order valence-electron chi connectivity index (χ1n) is 9.14. The summed E-state index contributed by atoms with van der Waals surface area (Å²) >= 11 is 0. The highest BCUT2D eigenvalue weighted by atomic mass is 35.5. The molecule has 2 N–H and O–H groups in total. The fourth-order valence-electron chi connectivity index (χ4n) is 3.36. The van der Waals surface area contributed by atoms with Gasteiger partial charge in [-0.2, -0.15) is 5.10 Å². The molecule has 4 rings (SSSR count). The Kier molecular flexibility index (Phi) is 7.80. The molecule has 8 heteroatoms. The molecule has 0 radical (unpaired) electrons. The van der Waals surface area contributed by atoms with Crippen molar-refractivity contribution in [2.75, 3.05) is 18.4 Å². The number of benzene rings is 1. The summed E-state index contributed by atoms with van der Waals surface area (Å²) in [6.45, 7) is 6.05. The van der Waals surface area contributed by atoms with Crippen molar-refractivity contribution in [1.29, 1.82) is 0 Å². The number of aryl methyl sites for hydroxylation is 1. The monoisotopic (exact) mass is 420 g/mol. The lowest BCUT2D eigenvalue weighted by atomic mass is 10.1. The predicted octanol–water partition coefficient (Wildman–Crippen LogP) is 3.68. The van der Waals surface area contributed by atoms with E-state index in [1.54, 1.807) is 0 Å². The summed E-state index contributed by atoms with van der Waals surface area (Å²) in [5.41, 5.74) is 4.59. The van der Waals surface area contributed by atoms with E-state index in [2.05, 4.69) is 51.0 Å². The van der Waals surface area contributed by atoms with Crippen molar-refractivity contribution in [1.82, 2.24) is 25.1 Å². The number of nitrogens with one attached hydrogen (secondary N) is 2. The maximum Gasteiger partial charge on any atom is 0.133 e. The third kappa shape index (κ3) is 4.82. The number of anilines is 1. The molecule has 150 valence electrons. The lowest BCUT2D eigenvalue weighted by molar-refractivity contribution is 0.708. The van der Waals surface area contributed by atoms with Gasteiger partial charge in [-0.3, -0.25) is 0 Å². The van der Waals surface area contributed by atoms with Gasteiger partial charge in [0.2, 0.25) is 0 Å².